The molecular formula is C11H22N2O2. The van der Waals surface area contributed by atoms with Crippen LogP contribution in [0, 0.1) is 5.41 Å². The zero-order valence-electron chi connectivity index (χ0n) is 9.68. The van der Waals surface area contributed by atoms with Gasteiger partial charge in [-0.05, 0) is 39.3 Å². The molecule has 0 bridgehead atoms. The lowest BCUT2D eigenvalue weighted by atomic mass is 9.76. The minimum absolute atomic E-state index is 0.104. The Kier molecular flexibility index (Phi) is 4.54. The summed E-state index contributed by atoms with van der Waals surface area (Å²) < 4.78 is 0. The van der Waals surface area contributed by atoms with Crippen molar-refractivity contribution in [3.8, 4) is 0 Å². The van der Waals surface area contributed by atoms with Gasteiger partial charge in [0.25, 0.3) is 0 Å². The highest BCUT2D eigenvalue weighted by Gasteiger charge is 2.37. The van der Waals surface area contributed by atoms with Crippen LogP contribution in [-0.4, -0.2) is 36.8 Å². The minimum atomic E-state index is -0.468. The van der Waals surface area contributed by atoms with Crippen molar-refractivity contribution in [3.63, 3.8) is 0 Å². The van der Waals surface area contributed by atoms with Gasteiger partial charge in [0, 0.05) is 6.54 Å². The van der Waals surface area contributed by atoms with E-state index in [9.17, 15) is 4.79 Å². The Labute approximate surface area is 91.4 Å². The lowest BCUT2D eigenvalue weighted by Gasteiger charge is -2.35. The van der Waals surface area contributed by atoms with Gasteiger partial charge in [-0.2, -0.15) is 0 Å². The molecule has 1 saturated heterocycles. The lowest BCUT2D eigenvalue weighted by molar-refractivity contribution is -0.133. The fraction of sp³-hybridized carbons (Fsp3) is 0.909. The summed E-state index contributed by atoms with van der Waals surface area (Å²) >= 11 is 0. The van der Waals surface area contributed by atoms with Gasteiger partial charge < -0.3 is 15.7 Å². The highest BCUT2D eigenvalue weighted by molar-refractivity contribution is 5.82. The number of rotatable bonds is 4. The van der Waals surface area contributed by atoms with Gasteiger partial charge in [0.1, 0.15) is 0 Å². The van der Waals surface area contributed by atoms with E-state index >= 15 is 0 Å². The average Bonchev–Trinajstić information content (AvgIpc) is 2.26. The minimum Gasteiger partial charge on any atom is -0.392 e. The van der Waals surface area contributed by atoms with E-state index in [2.05, 4.69) is 17.6 Å². The molecular weight excluding hydrogens is 192 g/mol. The first-order valence-electron chi connectivity index (χ1n) is 5.78. The molecule has 0 saturated carbocycles. The van der Waals surface area contributed by atoms with Gasteiger partial charge >= 0.3 is 0 Å². The Morgan fingerprint density at radius 2 is 2.13 bits per heavy atom. The van der Waals surface area contributed by atoms with Gasteiger partial charge in [0.2, 0.25) is 5.91 Å². The number of hydrogen-bond donors (Lipinski definition) is 3. The van der Waals surface area contributed by atoms with Crippen molar-refractivity contribution in [1.82, 2.24) is 10.6 Å². The van der Waals surface area contributed by atoms with E-state index in [0.29, 0.717) is 6.54 Å². The maximum Gasteiger partial charge on any atom is 0.226 e. The third-order valence-corrected chi connectivity index (χ3v) is 3.28. The molecule has 15 heavy (non-hydrogen) atoms. The molecule has 1 fully saturated rings. The van der Waals surface area contributed by atoms with E-state index in [1.807, 2.05) is 0 Å². The van der Waals surface area contributed by atoms with Crippen LogP contribution in [0.2, 0.25) is 0 Å². The molecule has 0 aromatic heterocycles. The Hall–Kier alpha value is -0.610. The molecule has 0 radical (unpaired) electrons. The quantitative estimate of drug-likeness (QED) is 0.629. The monoisotopic (exact) mass is 214 g/mol. The van der Waals surface area contributed by atoms with E-state index in [0.717, 1.165) is 32.4 Å². The van der Waals surface area contributed by atoms with Crippen molar-refractivity contribution in [2.24, 2.45) is 5.41 Å². The van der Waals surface area contributed by atoms with Crippen LogP contribution in [-0.2, 0) is 4.79 Å². The molecule has 1 unspecified atom stereocenters. The summed E-state index contributed by atoms with van der Waals surface area (Å²) in [6.07, 6.45) is 2.20. The summed E-state index contributed by atoms with van der Waals surface area (Å²) in [6.45, 7) is 5.93. The lowest BCUT2D eigenvalue weighted by Crippen LogP contribution is -2.48. The molecule has 4 heteroatoms. The number of hydrogen-bond acceptors (Lipinski definition) is 3. The number of carbonyl (C=O) groups is 1. The number of aliphatic hydroxyl groups excluding tert-OH is 1. The van der Waals surface area contributed by atoms with Crippen LogP contribution < -0.4 is 10.6 Å². The van der Waals surface area contributed by atoms with Gasteiger partial charge in [-0.3, -0.25) is 4.79 Å². The van der Waals surface area contributed by atoms with Crippen LogP contribution in [0.4, 0.5) is 0 Å². The standard InChI is InChI=1S/C11H22N2O2/c1-3-11(4-6-12-7-5-11)10(15)13-8-9(2)14/h9,12,14H,3-8H2,1-2H3,(H,13,15). The summed E-state index contributed by atoms with van der Waals surface area (Å²) in [6, 6.07) is 0. The Morgan fingerprint density at radius 3 is 2.60 bits per heavy atom. The molecule has 1 rings (SSSR count). The first-order valence-corrected chi connectivity index (χ1v) is 5.78. The molecule has 1 amide bonds. The zero-order chi connectivity index (χ0) is 11.3. The molecule has 4 nitrogen and oxygen atoms in total. The van der Waals surface area contributed by atoms with E-state index in [1.54, 1.807) is 6.92 Å². The smallest absolute Gasteiger partial charge is 0.226 e. The predicted octanol–water partition coefficient (Wildman–Crippen LogP) is 0.263. The highest BCUT2D eigenvalue weighted by Crippen LogP contribution is 2.32. The van der Waals surface area contributed by atoms with Crippen molar-refractivity contribution >= 4 is 5.91 Å². The molecule has 0 aromatic rings. The number of piperidine rings is 1. The Bertz CT molecular complexity index is 211. The Balaban J connectivity index is 2.52. The van der Waals surface area contributed by atoms with Crippen molar-refractivity contribution < 1.29 is 9.90 Å². The maximum atomic E-state index is 12.0. The van der Waals surface area contributed by atoms with Gasteiger partial charge in [-0.25, -0.2) is 0 Å². The van der Waals surface area contributed by atoms with Gasteiger partial charge in [0.05, 0.1) is 11.5 Å². The third kappa shape index (κ3) is 3.18. The normalized spacial score (nSPS) is 22.1. The van der Waals surface area contributed by atoms with Crippen molar-refractivity contribution in [2.45, 2.75) is 39.2 Å². The van der Waals surface area contributed by atoms with Gasteiger partial charge in [-0.15, -0.1) is 0 Å². The third-order valence-electron chi connectivity index (χ3n) is 3.28. The number of aliphatic hydroxyl groups is 1. The molecule has 88 valence electrons. The zero-order valence-corrected chi connectivity index (χ0v) is 9.68. The summed E-state index contributed by atoms with van der Waals surface area (Å²) in [5.74, 6) is 0.104. The van der Waals surface area contributed by atoms with Crippen LogP contribution in [0.25, 0.3) is 0 Å². The second-order valence-corrected chi connectivity index (χ2v) is 4.44. The fourth-order valence-corrected chi connectivity index (χ4v) is 2.07. The van der Waals surface area contributed by atoms with Gasteiger partial charge in [0.15, 0.2) is 0 Å². The fourth-order valence-electron chi connectivity index (χ4n) is 2.07. The summed E-state index contributed by atoms with van der Waals surface area (Å²) in [5, 5.41) is 15.2. The van der Waals surface area contributed by atoms with Crippen molar-refractivity contribution in [1.29, 1.82) is 0 Å². The summed E-state index contributed by atoms with van der Waals surface area (Å²) in [4.78, 5) is 12.0. The molecule has 0 aromatic carbocycles. The molecule has 0 aliphatic carbocycles. The number of nitrogens with one attached hydrogen (secondary N) is 2. The largest absolute Gasteiger partial charge is 0.392 e. The second-order valence-electron chi connectivity index (χ2n) is 4.44. The SMILES string of the molecule is CCC1(C(=O)NCC(C)O)CCNCC1. The van der Waals surface area contributed by atoms with Gasteiger partial charge in [-0.1, -0.05) is 6.92 Å². The number of carbonyl (C=O) groups excluding carboxylic acids is 1. The van der Waals surface area contributed by atoms with Crippen LogP contribution in [0.5, 0.6) is 0 Å². The van der Waals surface area contributed by atoms with Crippen LogP contribution in [0.3, 0.4) is 0 Å². The average molecular weight is 214 g/mol. The molecule has 1 aliphatic heterocycles. The first-order chi connectivity index (χ1) is 7.10. The van der Waals surface area contributed by atoms with E-state index < -0.39 is 6.10 Å². The number of amides is 1. The van der Waals surface area contributed by atoms with E-state index in [1.165, 1.54) is 0 Å². The predicted molar refractivity (Wildman–Crippen MR) is 59.5 cm³/mol. The van der Waals surface area contributed by atoms with Crippen molar-refractivity contribution in [2.75, 3.05) is 19.6 Å². The van der Waals surface area contributed by atoms with Crippen LogP contribution in [0.1, 0.15) is 33.1 Å². The molecule has 0 spiro atoms. The highest BCUT2D eigenvalue weighted by atomic mass is 16.3. The molecule has 1 atom stereocenters. The first kappa shape index (κ1) is 12.5. The molecule has 3 N–H and O–H groups in total. The second kappa shape index (κ2) is 5.47. The molecule has 1 aliphatic rings. The van der Waals surface area contributed by atoms with E-state index in [4.69, 9.17) is 5.11 Å². The molecule has 1 heterocycles. The summed E-state index contributed by atoms with van der Waals surface area (Å²) in [5.41, 5.74) is -0.208. The Morgan fingerprint density at radius 1 is 1.53 bits per heavy atom. The summed E-state index contributed by atoms with van der Waals surface area (Å²) in [7, 11) is 0. The van der Waals surface area contributed by atoms with E-state index in [-0.39, 0.29) is 11.3 Å². The van der Waals surface area contributed by atoms with Crippen LogP contribution >= 0.6 is 0 Å². The maximum absolute atomic E-state index is 12.0. The topological polar surface area (TPSA) is 61.4 Å². The van der Waals surface area contributed by atoms with Crippen molar-refractivity contribution in [3.05, 3.63) is 0 Å². The van der Waals surface area contributed by atoms with Crippen LogP contribution in [0.15, 0.2) is 0 Å².